The maximum atomic E-state index is 14.4. The van der Waals surface area contributed by atoms with Crippen molar-refractivity contribution < 1.29 is 61.8 Å². The number of benzene rings is 1. The summed E-state index contributed by atoms with van der Waals surface area (Å²) in [6, 6.07) is 6.18. The summed E-state index contributed by atoms with van der Waals surface area (Å²) in [4.78, 5) is 0. The van der Waals surface area contributed by atoms with Crippen LogP contribution in [0.3, 0.4) is 0 Å². The quantitative estimate of drug-likeness (QED) is 0.314. The molecule has 1 fully saturated rings. The largest absolute Gasteiger partial charge is 0.494 e. The van der Waals surface area contributed by atoms with Gasteiger partial charge in [-0.05, 0) is 56.2 Å². The summed E-state index contributed by atoms with van der Waals surface area (Å²) in [7, 11) is 0. The highest BCUT2D eigenvalue weighted by atomic mass is 19.4. The maximum Gasteiger partial charge on any atom is 0.460 e. The molecule has 1 nitrogen and oxygen atoms in total. The van der Waals surface area contributed by atoms with E-state index in [1.54, 1.807) is 19.1 Å². The molecule has 1 saturated carbocycles. The average Bonchev–Trinajstić information content (AvgIpc) is 2.73. The third-order valence-corrected chi connectivity index (χ3v) is 5.86. The van der Waals surface area contributed by atoms with Gasteiger partial charge in [0.1, 0.15) is 5.75 Å². The van der Waals surface area contributed by atoms with Crippen molar-refractivity contribution in [2.75, 3.05) is 6.61 Å². The van der Waals surface area contributed by atoms with Crippen LogP contribution in [0.15, 0.2) is 24.3 Å². The Labute approximate surface area is 185 Å². The van der Waals surface area contributed by atoms with Crippen LogP contribution >= 0.6 is 0 Å². The van der Waals surface area contributed by atoms with Gasteiger partial charge in [-0.1, -0.05) is 12.1 Å². The molecular formula is C20H19F13O. The Morgan fingerprint density at radius 1 is 0.647 bits per heavy atom. The SMILES string of the molecule is CCOc1ccc(C2CCC(C(F)(F)C(F)(F)C(F)(F)C(F)(F)C(F)(F)C(F)(F)F)CC2)cc1. The van der Waals surface area contributed by atoms with Gasteiger partial charge in [0.15, 0.2) is 0 Å². The van der Waals surface area contributed by atoms with Crippen LogP contribution < -0.4 is 4.74 Å². The summed E-state index contributed by atoms with van der Waals surface area (Å²) in [6.07, 6.45) is -9.73. The molecule has 0 aromatic heterocycles. The van der Waals surface area contributed by atoms with Crippen molar-refractivity contribution in [1.29, 1.82) is 0 Å². The lowest BCUT2D eigenvalue weighted by atomic mass is 9.74. The highest BCUT2D eigenvalue weighted by molar-refractivity contribution is 5.29. The Kier molecular flexibility index (Phi) is 7.47. The minimum absolute atomic E-state index is 0.273. The number of ether oxygens (including phenoxy) is 1. The van der Waals surface area contributed by atoms with E-state index in [1.165, 1.54) is 12.1 Å². The Morgan fingerprint density at radius 2 is 1.09 bits per heavy atom. The molecular weight excluding hydrogens is 503 g/mol. The Balaban J connectivity index is 2.24. The topological polar surface area (TPSA) is 9.23 Å². The molecule has 0 aliphatic heterocycles. The first-order valence-electron chi connectivity index (χ1n) is 9.94. The Bertz CT molecular complexity index is 822. The van der Waals surface area contributed by atoms with Gasteiger partial charge in [-0.25, -0.2) is 0 Å². The van der Waals surface area contributed by atoms with Gasteiger partial charge in [-0.2, -0.15) is 57.1 Å². The zero-order valence-electron chi connectivity index (χ0n) is 17.3. The van der Waals surface area contributed by atoms with Crippen LogP contribution in [0.25, 0.3) is 0 Å². The minimum atomic E-state index is -7.86. The van der Waals surface area contributed by atoms with Gasteiger partial charge in [-0.15, -0.1) is 0 Å². The fourth-order valence-corrected chi connectivity index (χ4v) is 3.83. The van der Waals surface area contributed by atoms with E-state index in [0.717, 1.165) is 0 Å². The van der Waals surface area contributed by atoms with E-state index in [0.29, 0.717) is 17.9 Å². The highest BCUT2D eigenvalue weighted by Crippen LogP contribution is 2.62. The van der Waals surface area contributed by atoms with Crippen LogP contribution in [-0.4, -0.2) is 42.4 Å². The maximum absolute atomic E-state index is 14.4. The summed E-state index contributed by atoms with van der Waals surface area (Å²) in [5, 5.41) is 0. The van der Waals surface area contributed by atoms with E-state index >= 15 is 0 Å². The summed E-state index contributed by atoms with van der Waals surface area (Å²) in [5.41, 5.74) is 0.568. The van der Waals surface area contributed by atoms with Crippen molar-refractivity contribution in [2.45, 2.75) is 74.3 Å². The second-order valence-corrected chi connectivity index (χ2v) is 7.97. The van der Waals surface area contributed by atoms with E-state index in [9.17, 15) is 57.1 Å². The lowest BCUT2D eigenvalue weighted by molar-refractivity contribution is -0.443. The van der Waals surface area contributed by atoms with Crippen LogP contribution in [0, 0.1) is 5.92 Å². The molecule has 1 aromatic rings. The van der Waals surface area contributed by atoms with E-state index in [-0.39, 0.29) is 12.8 Å². The van der Waals surface area contributed by atoms with Crippen LogP contribution in [0.1, 0.15) is 44.1 Å². The van der Waals surface area contributed by atoms with Gasteiger partial charge in [0.25, 0.3) is 0 Å². The number of alkyl halides is 13. The van der Waals surface area contributed by atoms with E-state index in [4.69, 9.17) is 4.74 Å². The van der Waals surface area contributed by atoms with Crippen LogP contribution in [-0.2, 0) is 0 Å². The van der Waals surface area contributed by atoms with Crippen molar-refractivity contribution in [3.8, 4) is 5.75 Å². The first-order valence-corrected chi connectivity index (χ1v) is 9.94. The van der Waals surface area contributed by atoms with Gasteiger partial charge in [-0.3, -0.25) is 0 Å². The van der Waals surface area contributed by atoms with Crippen molar-refractivity contribution >= 4 is 0 Å². The summed E-state index contributed by atoms with van der Waals surface area (Å²) in [6.45, 7) is 2.07. The standard InChI is InChI=1S/C20H19F13O/c1-2-34-14-9-5-12(6-10-14)11-3-7-13(8-4-11)15(21,22)16(23,24)17(25,26)18(27,28)19(29,30)20(31,32)33/h5-6,9-11,13H,2-4,7-8H2,1H3. The summed E-state index contributed by atoms with van der Waals surface area (Å²) in [5.74, 6) is -39.2. The average molecular weight is 522 g/mol. The van der Waals surface area contributed by atoms with Crippen LogP contribution in [0.2, 0.25) is 0 Å². The fraction of sp³-hybridized carbons (Fsp3) is 0.700. The first-order chi connectivity index (χ1) is 15.3. The molecule has 1 aromatic carbocycles. The molecule has 0 spiro atoms. The van der Waals surface area contributed by atoms with E-state index in [1.807, 2.05) is 0 Å². The Morgan fingerprint density at radius 3 is 1.50 bits per heavy atom. The number of halogens is 13. The molecule has 1 aliphatic carbocycles. The third-order valence-electron chi connectivity index (χ3n) is 5.86. The smallest absolute Gasteiger partial charge is 0.460 e. The van der Waals surface area contributed by atoms with Crippen LogP contribution in [0.4, 0.5) is 57.1 Å². The molecule has 0 heterocycles. The minimum Gasteiger partial charge on any atom is -0.494 e. The molecule has 1 aliphatic rings. The first kappa shape index (κ1) is 28.3. The molecule has 0 unspecified atom stereocenters. The Hall–Kier alpha value is -1.89. The van der Waals surface area contributed by atoms with Gasteiger partial charge in [0, 0.05) is 5.92 Å². The molecule has 2 rings (SSSR count). The van der Waals surface area contributed by atoms with Crippen molar-refractivity contribution in [3.05, 3.63) is 29.8 Å². The molecule has 0 bridgehead atoms. The van der Waals surface area contributed by atoms with Gasteiger partial charge in [0.05, 0.1) is 6.61 Å². The monoisotopic (exact) mass is 522 g/mol. The summed E-state index contributed by atoms with van der Waals surface area (Å²) >= 11 is 0. The molecule has 0 saturated heterocycles. The molecule has 14 heteroatoms. The molecule has 0 amide bonds. The third kappa shape index (κ3) is 4.40. The second-order valence-electron chi connectivity index (χ2n) is 7.97. The lowest BCUT2D eigenvalue weighted by Crippen LogP contribution is -2.71. The second kappa shape index (κ2) is 8.96. The van der Waals surface area contributed by atoms with E-state index in [2.05, 4.69) is 0 Å². The van der Waals surface area contributed by atoms with E-state index < -0.39 is 60.5 Å². The number of rotatable bonds is 8. The normalized spacial score (nSPS) is 21.5. The highest BCUT2D eigenvalue weighted by Gasteiger charge is 2.91. The zero-order valence-corrected chi connectivity index (χ0v) is 17.3. The predicted molar refractivity (Wildman–Crippen MR) is 93.1 cm³/mol. The van der Waals surface area contributed by atoms with Crippen LogP contribution in [0.5, 0.6) is 5.75 Å². The molecule has 34 heavy (non-hydrogen) atoms. The zero-order chi connectivity index (χ0) is 26.4. The van der Waals surface area contributed by atoms with Crippen molar-refractivity contribution in [3.63, 3.8) is 0 Å². The van der Waals surface area contributed by atoms with Gasteiger partial charge in [0.2, 0.25) is 0 Å². The van der Waals surface area contributed by atoms with Gasteiger partial charge < -0.3 is 4.74 Å². The fourth-order valence-electron chi connectivity index (χ4n) is 3.83. The number of hydrogen-bond acceptors (Lipinski definition) is 1. The lowest BCUT2D eigenvalue weighted by Gasteiger charge is -2.43. The number of hydrogen-bond donors (Lipinski definition) is 0. The van der Waals surface area contributed by atoms with Crippen molar-refractivity contribution in [1.82, 2.24) is 0 Å². The summed E-state index contributed by atoms with van der Waals surface area (Å²) < 4.78 is 179. The predicted octanol–water partition coefficient (Wildman–Crippen LogP) is 8.10. The molecule has 196 valence electrons. The molecule has 0 radical (unpaired) electrons. The molecule has 0 N–H and O–H groups in total. The molecule has 0 atom stereocenters. The van der Waals surface area contributed by atoms with Crippen molar-refractivity contribution in [2.24, 2.45) is 5.92 Å². The van der Waals surface area contributed by atoms with Gasteiger partial charge >= 0.3 is 35.8 Å².